The van der Waals surface area contributed by atoms with E-state index in [2.05, 4.69) is 10.6 Å². The van der Waals surface area contributed by atoms with Crippen molar-refractivity contribution in [3.8, 4) is 5.75 Å². The van der Waals surface area contributed by atoms with Crippen LogP contribution in [0.1, 0.15) is 27.6 Å². The summed E-state index contributed by atoms with van der Waals surface area (Å²) in [7, 11) is 0. The highest BCUT2D eigenvalue weighted by atomic mass is 35.5. The van der Waals surface area contributed by atoms with Gasteiger partial charge in [0, 0.05) is 5.56 Å². The Bertz CT molecular complexity index is 874. The molecule has 0 unspecified atom stereocenters. The van der Waals surface area contributed by atoms with Gasteiger partial charge in [0.05, 0.1) is 27.9 Å². The van der Waals surface area contributed by atoms with E-state index in [9.17, 15) is 9.59 Å². The fourth-order valence-corrected chi connectivity index (χ4v) is 2.75. The summed E-state index contributed by atoms with van der Waals surface area (Å²) in [5.41, 5.74) is 0.424. The molecule has 26 heavy (non-hydrogen) atoms. The molecule has 3 N–H and O–H groups in total. The van der Waals surface area contributed by atoms with E-state index in [1.54, 1.807) is 24.3 Å². The number of carbonyl (C=O) groups excluding carboxylic acids is 1. The van der Waals surface area contributed by atoms with Gasteiger partial charge in [0.2, 0.25) is 0 Å². The van der Waals surface area contributed by atoms with E-state index < -0.39 is 11.9 Å². The van der Waals surface area contributed by atoms with Crippen LogP contribution in [0.15, 0.2) is 36.4 Å². The van der Waals surface area contributed by atoms with Gasteiger partial charge in [-0.1, -0.05) is 29.3 Å². The minimum Gasteiger partial charge on any atom is -0.494 e. The van der Waals surface area contributed by atoms with Gasteiger partial charge in [-0.15, -0.1) is 0 Å². The SMILES string of the molecule is CCOc1cccc(C(=O)NC(=S)Nc2cc(C(=O)O)c(Cl)cc2Cl)c1. The molecule has 2 aromatic carbocycles. The van der Waals surface area contributed by atoms with E-state index in [0.717, 1.165) is 0 Å². The van der Waals surface area contributed by atoms with E-state index in [0.29, 0.717) is 17.9 Å². The van der Waals surface area contributed by atoms with Gasteiger partial charge in [-0.05, 0) is 49.5 Å². The van der Waals surface area contributed by atoms with Crippen LogP contribution < -0.4 is 15.4 Å². The highest BCUT2D eigenvalue weighted by Crippen LogP contribution is 2.29. The molecule has 0 aliphatic carbocycles. The molecule has 0 bridgehead atoms. The molecular weight excluding hydrogens is 399 g/mol. The Morgan fingerprint density at radius 3 is 2.58 bits per heavy atom. The number of carbonyl (C=O) groups is 2. The molecule has 0 atom stereocenters. The van der Waals surface area contributed by atoms with Gasteiger partial charge in [-0.25, -0.2) is 4.79 Å². The number of ether oxygens (including phenoxy) is 1. The number of halogens is 2. The number of nitrogens with one attached hydrogen (secondary N) is 2. The zero-order valence-electron chi connectivity index (χ0n) is 13.5. The molecule has 0 heterocycles. The molecule has 0 saturated heterocycles. The largest absolute Gasteiger partial charge is 0.494 e. The zero-order valence-corrected chi connectivity index (χ0v) is 15.8. The first kappa shape index (κ1) is 20.0. The molecule has 9 heteroatoms. The van der Waals surface area contributed by atoms with Crippen molar-refractivity contribution in [1.29, 1.82) is 0 Å². The van der Waals surface area contributed by atoms with Crippen LogP contribution in [0.4, 0.5) is 5.69 Å². The van der Waals surface area contributed by atoms with E-state index >= 15 is 0 Å². The Morgan fingerprint density at radius 1 is 1.19 bits per heavy atom. The van der Waals surface area contributed by atoms with Gasteiger partial charge in [-0.3, -0.25) is 10.1 Å². The van der Waals surface area contributed by atoms with Crippen molar-refractivity contribution in [3.63, 3.8) is 0 Å². The number of thiocarbonyl (C=S) groups is 1. The fourth-order valence-electron chi connectivity index (χ4n) is 2.03. The van der Waals surface area contributed by atoms with Crippen LogP contribution in [0, 0.1) is 0 Å². The van der Waals surface area contributed by atoms with Gasteiger partial charge in [0.15, 0.2) is 5.11 Å². The third-order valence-electron chi connectivity index (χ3n) is 3.17. The van der Waals surface area contributed by atoms with Gasteiger partial charge in [0.1, 0.15) is 5.75 Å². The lowest BCUT2D eigenvalue weighted by atomic mass is 10.2. The standard InChI is InChI=1S/C17H14Cl2N2O4S/c1-2-25-10-5-3-4-9(6-10)15(22)21-17(26)20-14-7-11(16(23)24)12(18)8-13(14)19/h3-8H,2H2,1H3,(H,23,24)(H2,20,21,22,26). The molecule has 1 amide bonds. The van der Waals surface area contributed by atoms with E-state index in [4.69, 9.17) is 45.3 Å². The van der Waals surface area contributed by atoms with Crippen LogP contribution in [-0.2, 0) is 0 Å². The quantitative estimate of drug-likeness (QED) is 0.637. The van der Waals surface area contributed by atoms with Crippen molar-refractivity contribution < 1.29 is 19.4 Å². The fraction of sp³-hybridized carbons (Fsp3) is 0.118. The molecule has 0 radical (unpaired) electrons. The molecule has 6 nitrogen and oxygen atoms in total. The van der Waals surface area contributed by atoms with Crippen molar-refractivity contribution in [2.75, 3.05) is 11.9 Å². The summed E-state index contributed by atoms with van der Waals surface area (Å²) in [5.74, 6) is -1.10. The number of anilines is 1. The van der Waals surface area contributed by atoms with E-state index in [-0.39, 0.29) is 26.4 Å². The number of benzene rings is 2. The van der Waals surface area contributed by atoms with Gasteiger partial charge >= 0.3 is 5.97 Å². The summed E-state index contributed by atoms with van der Waals surface area (Å²) in [6.45, 7) is 2.32. The molecule has 0 fully saturated rings. The van der Waals surface area contributed by atoms with Gasteiger partial charge in [-0.2, -0.15) is 0 Å². The smallest absolute Gasteiger partial charge is 0.337 e. The average Bonchev–Trinajstić information content (AvgIpc) is 2.57. The Morgan fingerprint density at radius 2 is 1.92 bits per heavy atom. The summed E-state index contributed by atoms with van der Waals surface area (Å²) >= 11 is 16.9. The lowest BCUT2D eigenvalue weighted by Gasteiger charge is -2.13. The minimum absolute atomic E-state index is 0.00394. The second kappa shape index (κ2) is 8.84. The van der Waals surface area contributed by atoms with Crippen LogP contribution in [-0.4, -0.2) is 28.7 Å². The van der Waals surface area contributed by atoms with Crippen LogP contribution in [0.2, 0.25) is 10.0 Å². The number of hydrogen-bond acceptors (Lipinski definition) is 4. The van der Waals surface area contributed by atoms with Crippen LogP contribution in [0.5, 0.6) is 5.75 Å². The number of rotatable bonds is 5. The summed E-state index contributed by atoms with van der Waals surface area (Å²) in [6, 6.07) is 9.13. The lowest BCUT2D eigenvalue weighted by Crippen LogP contribution is -2.34. The molecule has 2 rings (SSSR count). The van der Waals surface area contributed by atoms with E-state index in [1.165, 1.54) is 12.1 Å². The highest BCUT2D eigenvalue weighted by molar-refractivity contribution is 7.80. The first-order valence-corrected chi connectivity index (χ1v) is 8.55. The minimum atomic E-state index is -1.21. The van der Waals surface area contributed by atoms with Gasteiger partial charge < -0.3 is 15.2 Å². The monoisotopic (exact) mass is 412 g/mol. The molecular formula is C17H14Cl2N2O4S. The number of carboxylic acids is 1. The summed E-state index contributed by atoms with van der Waals surface area (Å²) < 4.78 is 5.35. The van der Waals surface area contributed by atoms with Crippen LogP contribution in [0.3, 0.4) is 0 Å². The summed E-state index contributed by atoms with van der Waals surface area (Å²) in [4.78, 5) is 23.4. The second-order valence-corrected chi connectivity index (χ2v) is 6.21. The van der Waals surface area contributed by atoms with Crippen molar-refractivity contribution >= 4 is 58.1 Å². The van der Waals surface area contributed by atoms with E-state index in [1.807, 2.05) is 6.92 Å². The normalized spacial score (nSPS) is 10.1. The molecule has 0 spiro atoms. The highest BCUT2D eigenvalue weighted by Gasteiger charge is 2.15. The Kier molecular flexibility index (Phi) is 6.79. The van der Waals surface area contributed by atoms with Crippen LogP contribution >= 0.6 is 35.4 Å². The van der Waals surface area contributed by atoms with Crippen molar-refractivity contribution in [2.24, 2.45) is 0 Å². The maximum Gasteiger partial charge on any atom is 0.337 e. The Balaban J connectivity index is 2.11. The lowest BCUT2D eigenvalue weighted by molar-refractivity contribution is 0.0697. The molecule has 136 valence electrons. The summed E-state index contributed by atoms with van der Waals surface area (Å²) in [6.07, 6.45) is 0. The molecule has 0 aliphatic heterocycles. The zero-order chi connectivity index (χ0) is 19.3. The first-order valence-electron chi connectivity index (χ1n) is 7.39. The topological polar surface area (TPSA) is 87.7 Å². The molecule has 0 aromatic heterocycles. The third kappa shape index (κ3) is 5.08. The predicted molar refractivity (Wildman–Crippen MR) is 105 cm³/mol. The molecule has 0 saturated carbocycles. The number of amides is 1. The second-order valence-electron chi connectivity index (χ2n) is 4.99. The van der Waals surface area contributed by atoms with Gasteiger partial charge in [0.25, 0.3) is 5.91 Å². The summed E-state index contributed by atoms with van der Waals surface area (Å²) in [5, 5.41) is 14.4. The number of hydrogen-bond donors (Lipinski definition) is 3. The third-order valence-corrected chi connectivity index (χ3v) is 4.00. The van der Waals surface area contributed by atoms with Crippen molar-refractivity contribution in [1.82, 2.24) is 5.32 Å². The number of carboxylic acid groups (broad SMARTS) is 1. The van der Waals surface area contributed by atoms with Crippen molar-refractivity contribution in [3.05, 3.63) is 57.6 Å². The first-order chi connectivity index (χ1) is 12.3. The number of aromatic carboxylic acids is 1. The molecule has 0 aliphatic rings. The van der Waals surface area contributed by atoms with Crippen molar-refractivity contribution in [2.45, 2.75) is 6.92 Å². The maximum atomic E-state index is 12.3. The molecule has 2 aromatic rings. The maximum absolute atomic E-state index is 12.3. The Hall–Kier alpha value is -2.35. The average molecular weight is 413 g/mol. The Labute approximate surface area is 165 Å². The van der Waals surface area contributed by atoms with Crippen LogP contribution in [0.25, 0.3) is 0 Å². The predicted octanol–water partition coefficient (Wildman–Crippen LogP) is 4.22.